The zero-order valence-electron chi connectivity index (χ0n) is 18.4. The summed E-state index contributed by atoms with van der Waals surface area (Å²) in [6.45, 7) is 0.237. The number of halogens is 3. The number of aromatic nitrogens is 2. The first-order valence-corrected chi connectivity index (χ1v) is 13.1. The first kappa shape index (κ1) is 24.1. The second kappa shape index (κ2) is 9.43. The minimum Gasteiger partial charge on any atom is -0.493 e. The summed E-state index contributed by atoms with van der Waals surface area (Å²) < 4.78 is 79.9. The van der Waals surface area contributed by atoms with Crippen LogP contribution in [0.4, 0.5) is 18.3 Å². The van der Waals surface area contributed by atoms with E-state index in [4.69, 9.17) is 9.47 Å². The minimum absolute atomic E-state index is 0.0131. The van der Waals surface area contributed by atoms with Crippen LogP contribution in [0.1, 0.15) is 23.7 Å². The number of anilines is 1. The Hall–Kier alpha value is -3.64. The van der Waals surface area contributed by atoms with Gasteiger partial charge >= 0.3 is 6.18 Å². The Morgan fingerprint density at radius 2 is 1.92 bits per heavy atom. The van der Waals surface area contributed by atoms with E-state index >= 15 is 0 Å². The molecule has 3 heterocycles. The maximum atomic E-state index is 13.4. The molecule has 0 fully saturated rings. The number of fused-ring (bicyclic) bond motifs is 1. The monoisotopic (exact) mass is 533 g/mol. The van der Waals surface area contributed by atoms with Crippen molar-refractivity contribution in [1.29, 1.82) is 0 Å². The SMILES string of the molecule is O=S(=O)(Nc1nccs1)c1ccc2c(c1)OCCC2Oc1ccc(C(F)(F)F)cc1-c1ccccn1. The van der Waals surface area contributed by atoms with Gasteiger partial charge in [0.25, 0.3) is 10.0 Å². The average Bonchev–Trinajstić information content (AvgIpc) is 3.36. The number of pyridine rings is 1. The lowest BCUT2D eigenvalue weighted by molar-refractivity contribution is -0.137. The lowest BCUT2D eigenvalue weighted by Crippen LogP contribution is -2.20. The van der Waals surface area contributed by atoms with Crippen molar-refractivity contribution in [2.45, 2.75) is 23.6 Å². The van der Waals surface area contributed by atoms with Crippen LogP contribution in [-0.4, -0.2) is 25.0 Å². The second-order valence-electron chi connectivity index (χ2n) is 7.81. The maximum Gasteiger partial charge on any atom is 0.416 e. The number of hydrogen-bond acceptors (Lipinski definition) is 7. The zero-order valence-corrected chi connectivity index (χ0v) is 20.0. The van der Waals surface area contributed by atoms with E-state index in [1.54, 1.807) is 29.6 Å². The molecule has 36 heavy (non-hydrogen) atoms. The standard InChI is InChI=1S/C24H18F3N3O4S2/c25-24(26,27)15-4-7-20(18(13-15)19-3-1-2-9-28-19)34-21-8-11-33-22-14-16(5-6-17(21)22)36(31,32)30-23-29-10-12-35-23/h1-7,9-10,12-14,21H,8,11H2,(H,29,30). The molecule has 1 aliphatic rings. The third-order valence-corrected chi connectivity index (χ3v) is 7.61. The molecule has 1 aliphatic heterocycles. The molecule has 1 N–H and O–H groups in total. The van der Waals surface area contributed by atoms with Gasteiger partial charge < -0.3 is 9.47 Å². The molecule has 0 aliphatic carbocycles. The number of alkyl halides is 3. The zero-order chi connectivity index (χ0) is 25.3. The van der Waals surface area contributed by atoms with Gasteiger partial charge in [-0.1, -0.05) is 12.1 Å². The van der Waals surface area contributed by atoms with Crippen LogP contribution in [0.15, 0.2) is 77.3 Å². The van der Waals surface area contributed by atoms with Crippen LogP contribution in [0.5, 0.6) is 11.5 Å². The Labute approximate surface area is 208 Å². The van der Waals surface area contributed by atoms with Gasteiger partial charge in [-0.3, -0.25) is 9.71 Å². The number of benzene rings is 2. The van der Waals surface area contributed by atoms with Crippen LogP contribution >= 0.6 is 11.3 Å². The summed E-state index contributed by atoms with van der Waals surface area (Å²) in [5, 5.41) is 1.88. The molecule has 4 aromatic rings. The van der Waals surface area contributed by atoms with Gasteiger partial charge in [-0.2, -0.15) is 13.2 Å². The molecule has 1 unspecified atom stereocenters. The van der Waals surface area contributed by atoms with Crippen molar-refractivity contribution in [3.63, 3.8) is 0 Å². The van der Waals surface area contributed by atoms with Gasteiger partial charge in [-0.15, -0.1) is 11.3 Å². The number of rotatable bonds is 6. The van der Waals surface area contributed by atoms with Crippen molar-refractivity contribution in [2.24, 2.45) is 0 Å². The molecule has 0 spiro atoms. The van der Waals surface area contributed by atoms with E-state index in [0.29, 0.717) is 23.4 Å². The molecule has 5 rings (SSSR count). The third-order valence-electron chi connectivity index (χ3n) is 5.45. The Morgan fingerprint density at radius 3 is 2.64 bits per heavy atom. The van der Waals surface area contributed by atoms with Gasteiger partial charge in [-0.05, 0) is 36.4 Å². The van der Waals surface area contributed by atoms with Crippen molar-refractivity contribution < 1.29 is 31.1 Å². The van der Waals surface area contributed by atoms with E-state index < -0.39 is 27.9 Å². The summed E-state index contributed by atoms with van der Waals surface area (Å²) in [4.78, 5) is 8.11. The molecule has 2 aromatic heterocycles. The quantitative estimate of drug-likeness (QED) is 0.331. The van der Waals surface area contributed by atoms with Crippen molar-refractivity contribution in [3.8, 4) is 22.8 Å². The molecule has 2 aromatic carbocycles. The van der Waals surface area contributed by atoms with Crippen LogP contribution in [0.3, 0.4) is 0 Å². The summed E-state index contributed by atoms with van der Waals surface area (Å²) in [6.07, 6.45) is -1.70. The highest BCUT2D eigenvalue weighted by atomic mass is 32.2. The van der Waals surface area contributed by atoms with Crippen molar-refractivity contribution in [2.75, 3.05) is 11.3 Å². The fourth-order valence-electron chi connectivity index (χ4n) is 3.76. The topological polar surface area (TPSA) is 90.4 Å². The smallest absolute Gasteiger partial charge is 0.416 e. The van der Waals surface area contributed by atoms with Crippen LogP contribution < -0.4 is 14.2 Å². The second-order valence-corrected chi connectivity index (χ2v) is 10.4. The highest BCUT2D eigenvalue weighted by molar-refractivity contribution is 7.93. The fourth-order valence-corrected chi connectivity index (χ4v) is 5.56. The molecule has 1 atom stereocenters. The Kier molecular flexibility index (Phi) is 6.31. The number of thiazole rings is 1. The summed E-state index contributed by atoms with van der Waals surface area (Å²) in [5.74, 6) is 0.543. The molecule has 0 saturated heterocycles. The Morgan fingerprint density at radius 1 is 1.06 bits per heavy atom. The Bertz CT molecular complexity index is 1480. The van der Waals surface area contributed by atoms with Gasteiger partial charge in [0.15, 0.2) is 5.13 Å². The predicted octanol–water partition coefficient (Wildman–Crippen LogP) is 5.93. The summed E-state index contributed by atoms with van der Waals surface area (Å²) in [5.41, 5.74) is 0.303. The number of ether oxygens (including phenoxy) is 2. The minimum atomic E-state index is -4.53. The number of sulfonamides is 1. The lowest BCUT2D eigenvalue weighted by atomic mass is 10.0. The molecule has 0 bridgehead atoms. The molecule has 0 radical (unpaired) electrons. The highest BCUT2D eigenvalue weighted by Gasteiger charge is 2.32. The van der Waals surface area contributed by atoms with Crippen molar-refractivity contribution >= 4 is 26.5 Å². The molecule has 7 nitrogen and oxygen atoms in total. The van der Waals surface area contributed by atoms with E-state index in [-0.39, 0.29) is 27.9 Å². The molecule has 12 heteroatoms. The summed E-state index contributed by atoms with van der Waals surface area (Å²) in [6, 6.07) is 12.6. The van der Waals surface area contributed by atoms with Gasteiger partial charge in [0.1, 0.15) is 17.6 Å². The van der Waals surface area contributed by atoms with Crippen LogP contribution in [0, 0.1) is 0 Å². The van der Waals surface area contributed by atoms with Crippen LogP contribution in [0.25, 0.3) is 11.3 Å². The summed E-state index contributed by atoms with van der Waals surface area (Å²) in [7, 11) is -3.89. The van der Waals surface area contributed by atoms with E-state index in [9.17, 15) is 21.6 Å². The maximum absolute atomic E-state index is 13.4. The first-order valence-electron chi connectivity index (χ1n) is 10.7. The van der Waals surface area contributed by atoms with Crippen LogP contribution in [-0.2, 0) is 16.2 Å². The van der Waals surface area contributed by atoms with Crippen LogP contribution in [0.2, 0.25) is 0 Å². The van der Waals surface area contributed by atoms with E-state index in [2.05, 4.69) is 14.7 Å². The summed E-state index contributed by atoms with van der Waals surface area (Å²) >= 11 is 1.15. The largest absolute Gasteiger partial charge is 0.493 e. The lowest BCUT2D eigenvalue weighted by Gasteiger charge is -2.28. The first-order chi connectivity index (χ1) is 17.2. The van der Waals surface area contributed by atoms with Crippen molar-refractivity contribution in [3.05, 3.63) is 83.5 Å². The van der Waals surface area contributed by atoms with E-state index in [0.717, 1.165) is 23.5 Å². The molecule has 186 valence electrons. The molecule has 0 saturated carbocycles. The number of hydrogen-bond donors (Lipinski definition) is 1. The van der Waals surface area contributed by atoms with Gasteiger partial charge in [0, 0.05) is 41.4 Å². The highest BCUT2D eigenvalue weighted by Crippen LogP contribution is 2.41. The molecular formula is C24H18F3N3O4S2. The van der Waals surface area contributed by atoms with E-state index in [1.165, 1.54) is 30.6 Å². The molecule has 0 amide bonds. The van der Waals surface area contributed by atoms with Gasteiger partial charge in [0.05, 0.1) is 22.8 Å². The fraction of sp³-hybridized carbons (Fsp3) is 0.167. The van der Waals surface area contributed by atoms with Gasteiger partial charge in [0.2, 0.25) is 0 Å². The third kappa shape index (κ3) is 5.00. The normalized spacial score (nSPS) is 15.6. The van der Waals surface area contributed by atoms with E-state index in [1.807, 2.05) is 0 Å². The average molecular weight is 534 g/mol. The van der Waals surface area contributed by atoms with Gasteiger partial charge in [-0.25, -0.2) is 13.4 Å². The number of nitrogens with one attached hydrogen (secondary N) is 1. The number of nitrogens with zero attached hydrogens (tertiary/aromatic N) is 2. The predicted molar refractivity (Wildman–Crippen MR) is 128 cm³/mol. The Balaban J connectivity index is 1.47. The van der Waals surface area contributed by atoms with Crippen molar-refractivity contribution in [1.82, 2.24) is 9.97 Å². The molecular weight excluding hydrogens is 515 g/mol.